The normalized spacial score (nSPS) is 10.9. The first-order valence-electron chi connectivity index (χ1n) is 10.2. The summed E-state index contributed by atoms with van der Waals surface area (Å²) in [6.45, 7) is 1.75. The van der Waals surface area contributed by atoms with Crippen molar-refractivity contribution >= 4 is 34.8 Å². The van der Waals surface area contributed by atoms with Crippen LogP contribution in [0.4, 0.5) is 5.69 Å². The minimum Gasteiger partial charge on any atom is -0.493 e. The molecule has 176 valence electrons. The molecule has 9 heteroatoms. The van der Waals surface area contributed by atoms with E-state index >= 15 is 0 Å². The van der Waals surface area contributed by atoms with E-state index in [0.717, 1.165) is 5.56 Å². The number of nitrogens with zero attached hydrogens (tertiary/aromatic N) is 1. The molecule has 0 bridgehead atoms. The highest BCUT2D eigenvalue weighted by atomic mass is 35.5. The van der Waals surface area contributed by atoms with Gasteiger partial charge in [0, 0.05) is 21.8 Å². The molecule has 0 heterocycles. The van der Waals surface area contributed by atoms with Crippen LogP contribution in [0.25, 0.3) is 0 Å². The SMILES string of the molecule is COc1cc(C(=O)NN=C(C)c2cccc(NC(=O)c3ccc(Cl)cc3)c2)cc(OC)c1OC. The molecule has 34 heavy (non-hydrogen) atoms. The lowest BCUT2D eigenvalue weighted by molar-refractivity contribution is 0.0953. The van der Waals surface area contributed by atoms with Crippen molar-refractivity contribution in [2.75, 3.05) is 26.6 Å². The van der Waals surface area contributed by atoms with Crippen molar-refractivity contribution in [3.05, 3.63) is 82.4 Å². The average Bonchev–Trinajstić information content (AvgIpc) is 2.86. The van der Waals surface area contributed by atoms with Crippen LogP contribution in [-0.4, -0.2) is 38.9 Å². The standard InChI is InChI=1S/C25H24ClN3O5/c1-15(28-29-25(31)18-13-21(32-2)23(34-4)22(14-18)33-3)17-6-5-7-20(12-17)27-24(30)16-8-10-19(26)11-9-16/h5-14H,1-4H3,(H,27,30)(H,29,31). The molecule has 2 N–H and O–H groups in total. The summed E-state index contributed by atoms with van der Waals surface area (Å²) in [7, 11) is 4.43. The van der Waals surface area contributed by atoms with Gasteiger partial charge in [0.1, 0.15) is 0 Å². The zero-order chi connectivity index (χ0) is 24.7. The van der Waals surface area contributed by atoms with Gasteiger partial charge in [-0.15, -0.1) is 0 Å². The Balaban J connectivity index is 1.74. The molecule has 0 radical (unpaired) electrons. The first kappa shape index (κ1) is 24.6. The summed E-state index contributed by atoms with van der Waals surface area (Å²) < 4.78 is 15.8. The molecular formula is C25H24ClN3O5. The lowest BCUT2D eigenvalue weighted by atomic mass is 10.1. The maximum Gasteiger partial charge on any atom is 0.271 e. The lowest BCUT2D eigenvalue weighted by Crippen LogP contribution is -2.19. The Morgan fingerprint density at radius 2 is 1.44 bits per heavy atom. The maximum absolute atomic E-state index is 12.7. The largest absolute Gasteiger partial charge is 0.493 e. The molecule has 0 saturated carbocycles. The van der Waals surface area contributed by atoms with Crippen LogP contribution in [0, 0.1) is 0 Å². The Labute approximate surface area is 202 Å². The van der Waals surface area contributed by atoms with Crippen LogP contribution in [0.2, 0.25) is 5.02 Å². The molecule has 3 aromatic rings. The van der Waals surface area contributed by atoms with Crippen molar-refractivity contribution in [1.82, 2.24) is 5.43 Å². The fraction of sp³-hybridized carbons (Fsp3) is 0.160. The number of ether oxygens (including phenoxy) is 3. The fourth-order valence-corrected chi connectivity index (χ4v) is 3.23. The van der Waals surface area contributed by atoms with Gasteiger partial charge in [-0.3, -0.25) is 9.59 Å². The van der Waals surface area contributed by atoms with Gasteiger partial charge < -0.3 is 19.5 Å². The molecule has 0 aromatic heterocycles. The molecule has 0 spiro atoms. The van der Waals surface area contributed by atoms with Gasteiger partial charge in [0.25, 0.3) is 11.8 Å². The van der Waals surface area contributed by atoms with Gasteiger partial charge in [-0.05, 0) is 61.0 Å². The minimum atomic E-state index is -0.453. The van der Waals surface area contributed by atoms with Crippen molar-refractivity contribution in [3.8, 4) is 17.2 Å². The Hall–Kier alpha value is -4.04. The summed E-state index contributed by atoms with van der Waals surface area (Å²) in [5.41, 5.74) is 5.15. The number of halogens is 1. The summed E-state index contributed by atoms with van der Waals surface area (Å²) >= 11 is 5.87. The highest BCUT2D eigenvalue weighted by Gasteiger charge is 2.17. The van der Waals surface area contributed by atoms with Crippen LogP contribution < -0.4 is 25.0 Å². The molecule has 0 aliphatic rings. The van der Waals surface area contributed by atoms with Gasteiger partial charge in [0.2, 0.25) is 5.75 Å². The molecule has 8 nitrogen and oxygen atoms in total. The highest BCUT2D eigenvalue weighted by molar-refractivity contribution is 6.30. The summed E-state index contributed by atoms with van der Waals surface area (Å²) in [4.78, 5) is 25.1. The molecule has 3 aromatic carbocycles. The van der Waals surface area contributed by atoms with E-state index in [1.807, 2.05) is 6.07 Å². The molecule has 0 saturated heterocycles. The van der Waals surface area contributed by atoms with E-state index in [9.17, 15) is 9.59 Å². The number of nitrogens with one attached hydrogen (secondary N) is 2. The van der Waals surface area contributed by atoms with E-state index in [1.54, 1.807) is 49.4 Å². The first-order valence-corrected chi connectivity index (χ1v) is 10.6. The van der Waals surface area contributed by atoms with Crippen molar-refractivity contribution in [3.63, 3.8) is 0 Å². The summed E-state index contributed by atoms with van der Waals surface area (Å²) in [5.74, 6) is 0.386. The van der Waals surface area contributed by atoms with Crippen LogP contribution in [-0.2, 0) is 0 Å². The molecule has 0 atom stereocenters. The zero-order valence-electron chi connectivity index (χ0n) is 19.1. The Morgan fingerprint density at radius 3 is 2.03 bits per heavy atom. The van der Waals surface area contributed by atoms with Crippen LogP contribution in [0.15, 0.2) is 65.8 Å². The molecular weight excluding hydrogens is 458 g/mol. The van der Waals surface area contributed by atoms with Crippen molar-refractivity contribution in [2.24, 2.45) is 5.10 Å². The number of carbonyl (C=O) groups is 2. The van der Waals surface area contributed by atoms with E-state index in [-0.39, 0.29) is 11.5 Å². The lowest BCUT2D eigenvalue weighted by Gasteiger charge is -2.13. The predicted molar refractivity (Wildman–Crippen MR) is 132 cm³/mol. The third-order valence-electron chi connectivity index (χ3n) is 4.90. The van der Waals surface area contributed by atoms with Crippen molar-refractivity contribution in [1.29, 1.82) is 0 Å². The van der Waals surface area contributed by atoms with Gasteiger partial charge >= 0.3 is 0 Å². The van der Waals surface area contributed by atoms with Gasteiger partial charge in [0.05, 0.1) is 27.0 Å². The van der Waals surface area contributed by atoms with Crippen LogP contribution >= 0.6 is 11.6 Å². The predicted octanol–water partition coefficient (Wildman–Crippen LogP) is 4.77. The quantitative estimate of drug-likeness (QED) is 0.356. The first-order chi connectivity index (χ1) is 16.4. The van der Waals surface area contributed by atoms with Gasteiger partial charge in [-0.25, -0.2) is 5.43 Å². The summed E-state index contributed by atoms with van der Waals surface area (Å²) in [6.07, 6.45) is 0. The average molecular weight is 482 g/mol. The molecule has 0 aliphatic heterocycles. The smallest absolute Gasteiger partial charge is 0.271 e. The number of hydrogen-bond acceptors (Lipinski definition) is 6. The van der Waals surface area contributed by atoms with Crippen molar-refractivity contribution in [2.45, 2.75) is 6.92 Å². The number of carbonyl (C=O) groups excluding carboxylic acids is 2. The topological polar surface area (TPSA) is 98.2 Å². The van der Waals surface area contributed by atoms with E-state index in [0.29, 0.717) is 39.2 Å². The minimum absolute atomic E-state index is 0.265. The van der Waals surface area contributed by atoms with Crippen LogP contribution in [0.3, 0.4) is 0 Å². The summed E-state index contributed by atoms with van der Waals surface area (Å²) in [5, 5.41) is 7.58. The Kier molecular flexibility index (Phi) is 8.10. The maximum atomic E-state index is 12.7. The van der Waals surface area contributed by atoms with Gasteiger partial charge in [-0.2, -0.15) is 5.10 Å². The molecule has 3 rings (SSSR count). The molecule has 2 amide bonds. The van der Waals surface area contributed by atoms with E-state index in [4.69, 9.17) is 25.8 Å². The Morgan fingerprint density at radius 1 is 0.794 bits per heavy atom. The van der Waals surface area contributed by atoms with E-state index < -0.39 is 5.91 Å². The molecule has 0 fully saturated rings. The zero-order valence-corrected chi connectivity index (χ0v) is 19.9. The third kappa shape index (κ3) is 5.85. The number of anilines is 1. The summed E-state index contributed by atoms with van der Waals surface area (Å²) in [6, 6.07) is 16.8. The number of rotatable bonds is 8. The van der Waals surface area contributed by atoms with E-state index in [2.05, 4.69) is 15.8 Å². The van der Waals surface area contributed by atoms with Crippen molar-refractivity contribution < 1.29 is 23.8 Å². The second kappa shape index (κ2) is 11.2. The monoisotopic (exact) mass is 481 g/mol. The molecule has 0 unspecified atom stereocenters. The van der Waals surface area contributed by atoms with Crippen LogP contribution in [0.1, 0.15) is 33.2 Å². The Bertz CT molecular complexity index is 1200. The number of amides is 2. The number of hydrogen-bond donors (Lipinski definition) is 2. The number of hydrazone groups is 1. The van der Waals surface area contributed by atoms with E-state index in [1.165, 1.54) is 33.5 Å². The second-order valence-electron chi connectivity index (χ2n) is 7.09. The number of benzene rings is 3. The molecule has 0 aliphatic carbocycles. The van der Waals surface area contributed by atoms with Gasteiger partial charge in [0.15, 0.2) is 11.5 Å². The second-order valence-corrected chi connectivity index (χ2v) is 7.53. The van der Waals surface area contributed by atoms with Gasteiger partial charge in [-0.1, -0.05) is 23.7 Å². The van der Waals surface area contributed by atoms with Crippen LogP contribution in [0.5, 0.6) is 17.2 Å². The third-order valence-corrected chi connectivity index (χ3v) is 5.15. The number of methoxy groups -OCH3 is 3. The highest BCUT2D eigenvalue weighted by Crippen LogP contribution is 2.38. The fourth-order valence-electron chi connectivity index (χ4n) is 3.10.